The summed E-state index contributed by atoms with van der Waals surface area (Å²) in [4.78, 5) is 2.42. The Balaban J connectivity index is 2.20. The number of nitrogens with zero attached hydrogens (tertiary/aromatic N) is 1. The number of thioether (sulfide) groups is 1. The molecular formula is C14H23N3S. The van der Waals surface area contributed by atoms with Gasteiger partial charge in [0, 0.05) is 24.1 Å². The van der Waals surface area contributed by atoms with E-state index in [9.17, 15) is 0 Å². The van der Waals surface area contributed by atoms with E-state index in [4.69, 9.17) is 5.84 Å². The van der Waals surface area contributed by atoms with Crippen molar-refractivity contribution in [3.8, 4) is 0 Å². The predicted octanol–water partition coefficient (Wildman–Crippen LogP) is 1.80. The average molecular weight is 265 g/mol. The van der Waals surface area contributed by atoms with E-state index in [1.165, 1.54) is 16.9 Å². The molecule has 1 aromatic rings. The second kappa shape index (κ2) is 6.57. The van der Waals surface area contributed by atoms with E-state index in [1.807, 2.05) is 11.8 Å². The molecule has 100 valence electrons. The molecule has 0 saturated carbocycles. The summed E-state index contributed by atoms with van der Waals surface area (Å²) in [5.74, 6) is 8.17. The standard InChI is InChI=1S/C14H23N3S/c1-3-11-5-4-6-12(9-11)14(16-15)13-10-18-8-7-17(13)2/h4-6,9,13-14,16H,3,7-8,10,15H2,1-2H3. The lowest BCUT2D eigenvalue weighted by Crippen LogP contribution is -2.49. The van der Waals surface area contributed by atoms with E-state index in [0.717, 1.165) is 18.7 Å². The Labute approximate surface area is 114 Å². The first-order valence-corrected chi connectivity index (χ1v) is 7.74. The van der Waals surface area contributed by atoms with Crippen LogP contribution in [0.2, 0.25) is 0 Å². The molecule has 0 aliphatic carbocycles. The van der Waals surface area contributed by atoms with Crippen LogP contribution in [0, 0.1) is 0 Å². The van der Waals surface area contributed by atoms with Crippen LogP contribution in [-0.2, 0) is 6.42 Å². The molecule has 4 heteroatoms. The molecule has 18 heavy (non-hydrogen) atoms. The molecule has 0 bridgehead atoms. The van der Waals surface area contributed by atoms with Gasteiger partial charge in [0.2, 0.25) is 0 Å². The lowest BCUT2D eigenvalue weighted by molar-refractivity contribution is 0.216. The van der Waals surface area contributed by atoms with Gasteiger partial charge in [-0.05, 0) is 24.6 Å². The normalized spacial score (nSPS) is 22.9. The fraction of sp³-hybridized carbons (Fsp3) is 0.571. The lowest BCUT2D eigenvalue weighted by Gasteiger charge is -2.37. The molecule has 2 rings (SSSR count). The van der Waals surface area contributed by atoms with Gasteiger partial charge in [-0.1, -0.05) is 31.2 Å². The van der Waals surface area contributed by atoms with Crippen molar-refractivity contribution in [2.75, 3.05) is 25.1 Å². The maximum absolute atomic E-state index is 5.80. The van der Waals surface area contributed by atoms with Crippen molar-refractivity contribution in [3.05, 3.63) is 35.4 Å². The van der Waals surface area contributed by atoms with Gasteiger partial charge in [0.05, 0.1) is 6.04 Å². The summed E-state index contributed by atoms with van der Waals surface area (Å²) in [7, 11) is 2.19. The first-order chi connectivity index (χ1) is 8.76. The van der Waals surface area contributed by atoms with E-state index in [0.29, 0.717) is 6.04 Å². The van der Waals surface area contributed by atoms with Gasteiger partial charge in [0.1, 0.15) is 0 Å². The molecule has 0 radical (unpaired) electrons. The first-order valence-electron chi connectivity index (χ1n) is 6.59. The summed E-state index contributed by atoms with van der Waals surface area (Å²) in [6.45, 7) is 3.33. The fourth-order valence-corrected chi connectivity index (χ4v) is 3.76. The second-order valence-corrected chi connectivity index (χ2v) is 6.02. The SMILES string of the molecule is CCc1cccc(C(NN)C2CSCCN2C)c1. The van der Waals surface area contributed by atoms with Gasteiger partial charge in [-0.3, -0.25) is 16.2 Å². The third-order valence-electron chi connectivity index (χ3n) is 3.73. The van der Waals surface area contributed by atoms with Gasteiger partial charge in [-0.15, -0.1) is 0 Å². The Morgan fingerprint density at radius 1 is 1.56 bits per heavy atom. The summed E-state index contributed by atoms with van der Waals surface area (Å²) in [6.07, 6.45) is 1.07. The molecule has 0 amide bonds. The maximum Gasteiger partial charge on any atom is 0.0623 e. The predicted molar refractivity (Wildman–Crippen MR) is 79.6 cm³/mol. The van der Waals surface area contributed by atoms with Crippen LogP contribution in [0.1, 0.15) is 24.1 Å². The highest BCUT2D eigenvalue weighted by molar-refractivity contribution is 7.99. The van der Waals surface area contributed by atoms with Crippen molar-refractivity contribution in [1.82, 2.24) is 10.3 Å². The number of aryl methyl sites for hydroxylation is 1. The Kier molecular flexibility index (Phi) is 5.06. The summed E-state index contributed by atoms with van der Waals surface area (Å²) >= 11 is 2.02. The van der Waals surface area contributed by atoms with Gasteiger partial charge < -0.3 is 0 Å². The van der Waals surface area contributed by atoms with Crippen molar-refractivity contribution >= 4 is 11.8 Å². The van der Waals surface area contributed by atoms with Gasteiger partial charge in [0.15, 0.2) is 0 Å². The molecule has 3 N–H and O–H groups in total. The molecule has 1 heterocycles. The lowest BCUT2D eigenvalue weighted by atomic mass is 9.97. The van der Waals surface area contributed by atoms with E-state index < -0.39 is 0 Å². The Bertz CT molecular complexity index is 383. The number of benzene rings is 1. The molecule has 0 spiro atoms. The van der Waals surface area contributed by atoms with Crippen LogP contribution < -0.4 is 11.3 Å². The summed E-state index contributed by atoms with van der Waals surface area (Å²) in [6, 6.07) is 9.45. The number of hydrazine groups is 1. The van der Waals surface area contributed by atoms with Crippen LogP contribution in [0.5, 0.6) is 0 Å². The smallest absolute Gasteiger partial charge is 0.0623 e. The zero-order valence-corrected chi connectivity index (χ0v) is 12.0. The molecule has 1 fully saturated rings. The largest absolute Gasteiger partial charge is 0.300 e. The summed E-state index contributed by atoms with van der Waals surface area (Å²) in [5, 5.41) is 0. The van der Waals surface area contributed by atoms with Crippen molar-refractivity contribution in [2.24, 2.45) is 5.84 Å². The van der Waals surface area contributed by atoms with Crippen LogP contribution in [-0.4, -0.2) is 36.0 Å². The maximum atomic E-state index is 5.80. The van der Waals surface area contributed by atoms with E-state index in [2.05, 4.69) is 48.6 Å². The minimum absolute atomic E-state index is 0.217. The Morgan fingerprint density at radius 3 is 3.06 bits per heavy atom. The van der Waals surface area contributed by atoms with Crippen LogP contribution in [0.15, 0.2) is 24.3 Å². The zero-order chi connectivity index (χ0) is 13.0. The molecule has 0 aromatic heterocycles. The number of hydrogen-bond donors (Lipinski definition) is 2. The number of nitrogens with one attached hydrogen (secondary N) is 1. The summed E-state index contributed by atoms with van der Waals surface area (Å²) in [5.41, 5.74) is 5.69. The highest BCUT2D eigenvalue weighted by Crippen LogP contribution is 2.26. The first kappa shape index (κ1) is 13.9. The monoisotopic (exact) mass is 265 g/mol. The van der Waals surface area contributed by atoms with E-state index in [1.54, 1.807) is 0 Å². The Morgan fingerprint density at radius 2 is 2.39 bits per heavy atom. The summed E-state index contributed by atoms with van der Waals surface area (Å²) < 4.78 is 0. The minimum atomic E-state index is 0.217. The topological polar surface area (TPSA) is 41.3 Å². The highest BCUT2D eigenvalue weighted by Gasteiger charge is 2.28. The van der Waals surface area contributed by atoms with Crippen LogP contribution in [0.25, 0.3) is 0 Å². The second-order valence-electron chi connectivity index (χ2n) is 4.87. The number of rotatable bonds is 4. The van der Waals surface area contributed by atoms with Crippen molar-refractivity contribution in [2.45, 2.75) is 25.4 Å². The average Bonchev–Trinajstić information content (AvgIpc) is 2.42. The van der Waals surface area contributed by atoms with E-state index in [-0.39, 0.29) is 6.04 Å². The number of likely N-dealkylation sites (N-methyl/N-ethyl adjacent to an activating group) is 1. The minimum Gasteiger partial charge on any atom is -0.300 e. The van der Waals surface area contributed by atoms with Gasteiger partial charge in [-0.25, -0.2) is 0 Å². The highest BCUT2D eigenvalue weighted by atomic mass is 32.2. The van der Waals surface area contributed by atoms with Gasteiger partial charge in [-0.2, -0.15) is 11.8 Å². The molecule has 1 aliphatic rings. The van der Waals surface area contributed by atoms with Crippen LogP contribution in [0.4, 0.5) is 0 Å². The number of nitrogens with two attached hydrogens (primary N) is 1. The Hall–Kier alpha value is -0.550. The quantitative estimate of drug-likeness (QED) is 0.643. The molecule has 1 aliphatic heterocycles. The van der Waals surface area contributed by atoms with E-state index >= 15 is 0 Å². The molecule has 1 saturated heterocycles. The van der Waals surface area contributed by atoms with Crippen molar-refractivity contribution in [3.63, 3.8) is 0 Å². The van der Waals surface area contributed by atoms with Crippen LogP contribution in [0.3, 0.4) is 0 Å². The molecule has 2 unspecified atom stereocenters. The third-order valence-corrected chi connectivity index (χ3v) is 4.77. The molecule has 1 aromatic carbocycles. The van der Waals surface area contributed by atoms with Gasteiger partial charge in [0.25, 0.3) is 0 Å². The third kappa shape index (κ3) is 3.06. The molecular weight excluding hydrogens is 242 g/mol. The zero-order valence-electron chi connectivity index (χ0n) is 11.2. The fourth-order valence-electron chi connectivity index (χ4n) is 2.49. The van der Waals surface area contributed by atoms with Crippen molar-refractivity contribution < 1.29 is 0 Å². The van der Waals surface area contributed by atoms with Crippen molar-refractivity contribution in [1.29, 1.82) is 0 Å². The molecule has 2 atom stereocenters. The number of hydrogen-bond acceptors (Lipinski definition) is 4. The van der Waals surface area contributed by atoms with Crippen LogP contribution >= 0.6 is 11.8 Å². The van der Waals surface area contributed by atoms with Gasteiger partial charge >= 0.3 is 0 Å². The molecule has 3 nitrogen and oxygen atoms in total.